The lowest BCUT2D eigenvalue weighted by Crippen LogP contribution is -1.96. The van der Waals surface area contributed by atoms with E-state index in [2.05, 4.69) is 133 Å². The SMILES string of the molecule is c1ccc(-c2ccc(-c3cc(-c4ccc(-c5cc6ccccc6s5)cc4)nc(-c4ccc5c(c4)oc4ccccc45)n3)cc2)cc1. The molecule has 216 valence electrons. The predicted molar refractivity (Wildman–Crippen MR) is 192 cm³/mol. The zero-order valence-corrected chi connectivity index (χ0v) is 25.5. The van der Waals surface area contributed by atoms with Crippen molar-refractivity contribution in [2.24, 2.45) is 0 Å². The molecule has 3 nitrogen and oxygen atoms in total. The highest BCUT2D eigenvalue weighted by Gasteiger charge is 2.14. The molecule has 9 rings (SSSR count). The van der Waals surface area contributed by atoms with Gasteiger partial charge in [0.1, 0.15) is 11.2 Å². The molecule has 6 aromatic carbocycles. The monoisotopic (exact) mass is 606 g/mol. The first-order valence-electron chi connectivity index (χ1n) is 15.3. The first-order valence-corrected chi connectivity index (χ1v) is 16.1. The van der Waals surface area contributed by atoms with E-state index in [1.807, 2.05) is 35.6 Å². The van der Waals surface area contributed by atoms with Crippen molar-refractivity contribution < 1.29 is 4.42 Å². The van der Waals surface area contributed by atoms with Gasteiger partial charge >= 0.3 is 0 Å². The minimum Gasteiger partial charge on any atom is -0.456 e. The molecule has 46 heavy (non-hydrogen) atoms. The van der Waals surface area contributed by atoms with Crippen LogP contribution in [-0.4, -0.2) is 9.97 Å². The van der Waals surface area contributed by atoms with Crippen LogP contribution in [0.15, 0.2) is 162 Å². The van der Waals surface area contributed by atoms with Crippen LogP contribution in [0.25, 0.3) is 87.5 Å². The molecule has 0 aliphatic rings. The zero-order valence-electron chi connectivity index (χ0n) is 24.7. The van der Waals surface area contributed by atoms with Crippen LogP contribution in [0.1, 0.15) is 0 Å². The molecule has 9 aromatic rings. The number of hydrogen-bond donors (Lipinski definition) is 0. The van der Waals surface area contributed by atoms with E-state index in [4.69, 9.17) is 14.4 Å². The van der Waals surface area contributed by atoms with Crippen LogP contribution in [0.3, 0.4) is 0 Å². The van der Waals surface area contributed by atoms with Gasteiger partial charge in [0.25, 0.3) is 0 Å². The van der Waals surface area contributed by atoms with Gasteiger partial charge in [-0.3, -0.25) is 0 Å². The Labute approximate surface area is 270 Å². The molecule has 0 radical (unpaired) electrons. The highest BCUT2D eigenvalue weighted by molar-refractivity contribution is 7.22. The zero-order chi connectivity index (χ0) is 30.5. The van der Waals surface area contributed by atoms with E-state index in [-0.39, 0.29) is 0 Å². The molecular formula is C42H26N2OS. The Morgan fingerprint density at radius 1 is 0.413 bits per heavy atom. The average Bonchev–Trinajstić information content (AvgIpc) is 3.73. The third-order valence-corrected chi connectivity index (χ3v) is 9.71. The number of furan rings is 1. The van der Waals surface area contributed by atoms with Crippen molar-refractivity contribution in [1.82, 2.24) is 9.97 Å². The summed E-state index contributed by atoms with van der Waals surface area (Å²) in [5.41, 5.74) is 10.0. The summed E-state index contributed by atoms with van der Waals surface area (Å²) in [6.45, 7) is 0. The van der Waals surface area contributed by atoms with Crippen LogP contribution < -0.4 is 0 Å². The van der Waals surface area contributed by atoms with Crippen LogP contribution >= 0.6 is 11.3 Å². The number of para-hydroxylation sites is 1. The van der Waals surface area contributed by atoms with E-state index in [1.165, 1.54) is 31.7 Å². The first-order chi connectivity index (χ1) is 22.7. The fraction of sp³-hybridized carbons (Fsp3) is 0. The van der Waals surface area contributed by atoms with Gasteiger partial charge in [0.15, 0.2) is 5.82 Å². The van der Waals surface area contributed by atoms with Gasteiger partial charge in [-0.1, -0.05) is 121 Å². The van der Waals surface area contributed by atoms with Crippen LogP contribution in [0, 0.1) is 0 Å². The molecule has 0 bridgehead atoms. The standard InChI is InChI=1S/C42H26N2OS/c1-2-8-27(9-3-1)28-14-16-29(17-15-28)36-26-37(30-18-20-31(21-19-30)41-25-32-10-4-7-13-40(32)46-41)44-42(43-36)33-22-23-35-34-11-5-6-12-38(34)45-39(35)24-33/h1-26H. The number of nitrogens with zero attached hydrogens (tertiary/aromatic N) is 2. The number of fused-ring (bicyclic) bond motifs is 4. The molecule has 4 heteroatoms. The lowest BCUT2D eigenvalue weighted by atomic mass is 10.0. The summed E-state index contributed by atoms with van der Waals surface area (Å²) in [7, 11) is 0. The molecule has 3 heterocycles. The summed E-state index contributed by atoms with van der Waals surface area (Å²) in [5.74, 6) is 0.663. The molecule has 0 saturated carbocycles. The first kappa shape index (κ1) is 26.6. The molecule has 0 saturated heterocycles. The third kappa shape index (κ3) is 4.76. The minimum atomic E-state index is 0.663. The van der Waals surface area contributed by atoms with Crippen molar-refractivity contribution in [2.45, 2.75) is 0 Å². The van der Waals surface area contributed by atoms with E-state index in [1.54, 1.807) is 0 Å². The fourth-order valence-electron chi connectivity index (χ4n) is 6.13. The number of aromatic nitrogens is 2. The third-order valence-electron chi connectivity index (χ3n) is 8.54. The van der Waals surface area contributed by atoms with Crippen molar-refractivity contribution in [3.63, 3.8) is 0 Å². The maximum absolute atomic E-state index is 6.22. The van der Waals surface area contributed by atoms with E-state index >= 15 is 0 Å². The van der Waals surface area contributed by atoms with Crippen LogP contribution in [0.2, 0.25) is 0 Å². The molecule has 0 atom stereocenters. The van der Waals surface area contributed by atoms with E-state index in [9.17, 15) is 0 Å². The van der Waals surface area contributed by atoms with Gasteiger partial charge in [-0.15, -0.1) is 11.3 Å². The molecule has 0 unspecified atom stereocenters. The summed E-state index contributed by atoms with van der Waals surface area (Å²) < 4.78 is 7.52. The second-order valence-electron chi connectivity index (χ2n) is 11.4. The molecular weight excluding hydrogens is 581 g/mol. The Bertz CT molecular complexity index is 2480. The lowest BCUT2D eigenvalue weighted by Gasteiger charge is -2.11. The molecule has 0 aliphatic carbocycles. The Hall–Kier alpha value is -5.84. The van der Waals surface area contributed by atoms with Gasteiger partial charge in [-0.05, 0) is 58.5 Å². The van der Waals surface area contributed by atoms with Crippen molar-refractivity contribution in [3.8, 4) is 55.5 Å². The van der Waals surface area contributed by atoms with Gasteiger partial charge in [0.05, 0.1) is 11.4 Å². The quantitative estimate of drug-likeness (QED) is 0.196. The summed E-state index contributed by atoms with van der Waals surface area (Å²) in [5, 5.41) is 3.47. The molecule has 0 fully saturated rings. The Morgan fingerprint density at radius 3 is 1.76 bits per heavy atom. The van der Waals surface area contributed by atoms with Gasteiger partial charge in [0.2, 0.25) is 0 Å². The Morgan fingerprint density at radius 2 is 1.00 bits per heavy atom. The van der Waals surface area contributed by atoms with Gasteiger partial charge in [0, 0.05) is 37.0 Å². The van der Waals surface area contributed by atoms with Crippen molar-refractivity contribution in [1.29, 1.82) is 0 Å². The largest absolute Gasteiger partial charge is 0.456 e. The second kappa shape index (κ2) is 11.0. The van der Waals surface area contributed by atoms with Crippen LogP contribution in [0.4, 0.5) is 0 Å². The Balaban J connectivity index is 1.15. The maximum atomic E-state index is 6.22. The smallest absolute Gasteiger partial charge is 0.160 e. The summed E-state index contributed by atoms with van der Waals surface area (Å²) in [4.78, 5) is 11.5. The lowest BCUT2D eigenvalue weighted by molar-refractivity contribution is 0.669. The molecule has 0 amide bonds. The highest BCUT2D eigenvalue weighted by atomic mass is 32.1. The number of thiophene rings is 1. The molecule has 0 aliphatic heterocycles. The molecule has 0 N–H and O–H groups in total. The highest BCUT2D eigenvalue weighted by Crippen LogP contribution is 2.36. The summed E-state index contributed by atoms with van der Waals surface area (Å²) in [6, 6.07) is 55.0. The summed E-state index contributed by atoms with van der Waals surface area (Å²) in [6.07, 6.45) is 0. The van der Waals surface area contributed by atoms with E-state index in [0.29, 0.717) is 5.82 Å². The second-order valence-corrected chi connectivity index (χ2v) is 12.5. The van der Waals surface area contributed by atoms with Crippen molar-refractivity contribution in [2.75, 3.05) is 0 Å². The van der Waals surface area contributed by atoms with Crippen LogP contribution in [-0.2, 0) is 0 Å². The van der Waals surface area contributed by atoms with Crippen molar-refractivity contribution in [3.05, 3.63) is 158 Å². The van der Waals surface area contributed by atoms with Crippen LogP contribution in [0.5, 0.6) is 0 Å². The van der Waals surface area contributed by atoms with E-state index in [0.717, 1.165) is 50.0 Å². The maximum Gasteiger partial charge on any atom is 0.160 e. The van der Waals surface area contributed by atoms with E-state index < -0.39 is 0 Å². The average molecular weight is 607 g/mol. The van der Waals surface area contributed by atoms with Gasteiger partial charge in [-0.2, -0.15) is 0 Å². The Kier molecular flexibility index (Phi) is 6.32. The molecule has 0 spiro atoms. The minimum absolute atomic E-state index is 0.663. The number of rotatable bonds is 5. The number of hydrogen-bond acceptors (Lipinski definition) is 4. The van der Waals surface area contributed by atoms with Gasteiger partial charge in [-0.25, -0.2) is 9.97 Å². The summed E-state index contributed by atoms with van der Waals surface area (Å²) >= 11 is 1.82. The van der Waals surface area contributed by atoms with Gasteiger partial charge < -0.3 is 4.42 Å². The topological polar surface area (TPSA) is 38.9 Å². The van der Waals surface area contributed by atoms with Crippen molar-refractivity contribution >= 4 is 43.4 Å². The predicted octanol–water partition coefficient (Wildman–Crippen LogP) is 11.9. The normalized spacial score (nSPS) is 11.5. The molecule has 3 aromatic heterocycles. The fourth-order valence-corrected chi connectivity index (χ4v) is 7.20. The number of benzene rings is 6.